The number of ether oxygens (including phenoxy) is 1. The summed E-state index contributed by atoms with van der Waals surface area (Å²) >= 11 is 5.79. The SMILES string of the molecule is CS(=O)(=O)c1cc(F)c(O[C@H]2CCCN(C3CCN(c4cnc(Cl)cn4)CC3)C2=O)cc1F. The van der Waals surface area contributed by atoms with Gasteiger partial charge in [0.15, 0.2) is 27.5 Å². The molecule has 2 aliphatic rings. The maximum Gasteiger partial charge on any atom is 0.263 e. The van der Waals surface area contributed by atoms with E-state index in [2.05, 4.69) is 14.9 Å². The Morgan fingerprint density at radius 1 is 1.06 bits per heavy atom. The molecule has 0 unspecified atom stereocenters. The highest BCUT2D eigenvalue weighted by Gasteiger charge is 2.36. The number of hydrogen-bond donors (Lipinski definition) is 0. The first-order valence-corrected chi connectivity index (χ1v) is 12.8. The lowest BCUT2D eigenvalue weighted by Crippen LogP contribution is -2.54. The number of amides is 1. The molecule has 12 heteroatoms. The third-order valence-corrected chi connectivity index (χ3v) is 7.22. The molecule has 0 aliphatic carbocycles. The standard InChI is InChI=1S/C21H23ClF2N4O4S/c1-33(30,31)18-10-14(23)17(9-15(18)24)32-16-3-2-6-28(21(16)29)13-4-7-27(8-5-13)20-12-25-19(22)11-26-20/h9-13,16H,2-8H2,1H3/t16-/m0/s1. The van der Waals surface area contributed by atoms with E-state index in [9.17, 15) is 22.0 Å². The minimum Gasteiger partial charge on any atom is -0.477 e. The fourth-order valence-electron chi connectivity index (χ4n) is 4.25. The van der Waals surface area contributed by atoms with Crippen molar-refractivity contribution < 1.29 is 26.7 Å². The lowest BCUT2D eigenvalue weighted by Gasteiger charge is -2.42. The summed E-state index contributed by atoms with van der Waals surface area (Å²) in [6.45, 7) is 1.93. The van der Waals surface area contributed by atoms with Crippen molar-refractivity contribution in [2.24, 2.45) is 0 Å². The fraction of sp³-hybridized carbons (Fsp3) is 0.476. The number of aromatic nitrogens is 2. The van der Waals surface area contributed by atoms with Gasteiger partial charge < -0.3 is 14.5 Å². The molecule has 2 saturated heterocycles. The first-order valence-electron chi connectivity index (χ1n) is 10.5. The number of nitrogens with zero attached hydrogens (tertiary/aromatic N) is 4. The number of carbonyl (C=O) groups excluding carboxylic acids is 1. The van der Waals surface area contributed by atoms with Crippen LogP contribution in [-0.4, -0.2) is 67.2 Å². The van der Waals surface area contributed by atoms with Crippen LogP contribution in [0.2, 0.25) is 5.15 Å². The summed E-state index contributed by atoms with van der Waals surface area (Å²) in [7, 11) is -3.93. The largest absolute Gasteiger partial charge is 0.477 e. The molecule has 3 heterocycles. The Morgan fingerprint density at radius 3 is 2.42 bits per heavy atom. The summed E-state index contributed by atoms with van der Waals surface area (Å²) < 4.78 is 57.3. The van der Waals surface area contributed by atoms with Gasteiger partial charge in [-0.15, -0.1) is 0 Å². The van der Waals surface area contributed by atoms with Crippen LogP contribution in [0.15, 0.2) is 29.4 Å². The van der Waals surface area contributed by atoms with Crippen molar-refractivity contribution in [3.05, 3.63) is 41.3 Å². The zero-order valence-electron chi connectivity index (χ0n) is 17.9. The Bertz CT molecular complexity index is 1140. The monoisotopic (exact) mass is 500 g/mol. The van der Waals surface area contributed by atoms with Gasteiger partial charge in [-0.2, -0.15) is 0 Å². The van der Waals surface area contributed by atoms with Gasteiger partial charge in [0.2, 0.25) is 0 Å². The Balaban J connectivity index is 1.42. The van der Waals surface area contributed by atoms with Gasteiger partial charge in [0.1, 0.15) is 21.7 Å². The van der Waals surface area contributed by atoms with Crippen molar-refractivity contribution in [3.8, 4) is 5.75 Å². The molecule has 0 radical (unpaired) electrons. The predicted molar refractivity (Wildman–Crippen MR) is 117 cm³/mol. The zero-order chi connectivity index (χ0) is 23.8. The van der Waals surface area contributed by atoms with Gasteiger partial charge in [-0.05, 0) is 31.7 Å². The van der Waals surface area contributed by atoms with E-state index in [1.807, 2.05) is 0 Å². The molecule has 1 amide bonds. The second-order valence-electron chi connectivity index (χ2n) is 8.18. The molecular weight excluding hydrogens is 478 g/mol. The van der Waals surface area contributed by atoms with Gasteiger partial charge in [0.25, 0.3) is 5.91 Å². The van der Waals surface area contributed by atoms with E-state index >= 15 is 0 Å². The van der Waals surface area contributed by atoms with Crippen LogP contribution < -0.4 is 9.64 Å². The number of rotatable bonds is 5. The maximum absolute atomic E-state index is 14.4. The molecule has 0 saturated carbocycles. The van der Waals surface area contributed by atoms with E-state index in [0.29, 0.717) is 49.8 Å². The number of benzene rings is 1. The topological polar surface area (TPSA) is 92.7 Å². The molecule has 4 rings (SSSR count). The summed E-state index contributed by atoms with van der Waals surface area (Å²) in [6.07, 6.45) is 5.39. The van der Waals surface area contributed by atoms with Crippen LogP contribution in [0.5, 0.6) is 5.75 Å². The van der Waals surface area contributed by atoms with Gasteiger partial charge in [0.05, 0.1) is 12.4 Å². The smallest absolute Gasteiger partial charge is 0.263 e. The van der Waals surface area contributed by atoms with Crippen LogP contribution in [0.25, 0.3) is 0 Å². The van der Waals surface area contributed by atoms with E-state index in [1.165, 1.54) is 6.20 Å². The van der Waals surface area contributed by atoms with Crippen molar-refractivity contribution in [1.82, 2.24) is 14.9 Å². The molecule has 0 spiro atoms. The van der Waals surface area contributed by atoms with Crippen LogP contribution >= 0.6 is 11.6 Å². The second kappa shape index (κ2) is 9.38. The number of sulfone groups is 1. The Morgan fingerprint density at radius 2 is 1.79 bits per heavy atom. The first kappa shape index (κ1) is 23.6. The molecule has 8 nitrogen and oxygen atoms in total. The number of halogens is 3. The van der Waals surface area contributed by atoms with Gasteiger partial charge in [-0.1, -0.05) is 11.6 Å². The second-order valence-corrected chi connectivity index (χ2v) is 10.6. The quantitative estimate of drug-likeness (QED) is 0.623. The summed E-state index contributed by atoms with van der Waals surface area (Å²) in [5, 5.41) is 0.320. The molecule has 2 aromatic rings. The van der Waals surface area contributed by atoms with E-state index in [0.717, 1.165) is 24.9 Å². The fourth-order valence-corrected chi connectivity index (χ4v) is 5.08. The summed E-state index contributed by atoms with van der Waals surface area (Å²) in [6, 6.07) is 1.26. The van der Waals surface area contributed by atoms with Crippen molar-refractivity contribution in [2.45, 2.75) is 42.7 Å². The van der Waals surface area contributed by atoms with Crippen molar-refractivity contribution in [3.63, 3.8) is 0 Å². The Kier molecular flexibility index (Phi) is 6.71. The van der Waals surface area contributed by atoms with Crippen molar-refractivity contribution in [1.29, 1.82) is 0 Å². The summed E-state index contributed by atoms with van der Waals surface area (Å²) in [4.78, 5) is 24.5. The highest BCUT2D eigenvalue weighted by atomic mass is 35.5. The third kappa shape index (κ3) is 5.19. The van der Waals surface area contributed by atoms with Crippen LogP contribution in [0.1, 0.15) is 25.7 Å². The molecule has 33 heavy (non-hydrogen) atoms. The average molecular weight is 501 g/mol. The van der Waals surface area contributed by atoms with Gasteiger partial charge in [-0.3, -0.25) is 4.79 Å². The van der Waals surface area contributed by atoms with Gasteiger partial charge in [0, 0.05) is 38.0 Å². The highest BCUT2D eigenvalue weighted by molar-refractivity contribution is 7.90. The Hall–Kier alpha value is -2.53. The summed E-state index contributed by atoms with van der Waals surface area (Å²) in [5.74, 6) is -2.18. The molecule has 1 aromatic heterocycles. The van der Waals surface area contributed by atoms with E-state index in [-0.39, 0.29) is 11.9 Å². The van der Waals surface area contributed by atoms with Crippen LogP contribution in [-0.2, 0) is 14.6 Å². The molecule has 178 valence electrons. The van der Waals surface area contributed by atoms with Gasteiger partial charge >= 0.3 is 0 Å². The van der Waals surface area contributed by atoms with E-state index < -0.39 is 38.2 Å². The number of likely N-dealkylation sites (tertiary alicyclic amines) is 1. The average Bonchev–Trinajstić information content (AvgIpc) is 2.77. The molecule has 2 fully saturated rings. The lowest BCUT2D eigenvalue weighted by atomic mass is 9.98. The van der Waals surface area contributed by atoms with Crippen molar-refractivity contribution in [2.75, 3.05) is 30.8 Å². The molecular formula is C21H23ClF2N4O4S. The van der Waals surface area contributed by atoms with Crippen LogP contribution in [0.3, 0.4) is 0 Å². The zero-order valence-corrected chi connectivity index (χ0v) is 19.5. The summed E-state index contributed by atoms with van der Waals surface area (Å²) in [5.41, 5.74) is 0. The van der Waals surface area contributed by atoms with E-state index in [4.69, 9.17) is 16.3 Å². The minimum absolute atomic E-state index is 0.00500. The molecule has 1 aromatic carbocycles. The molecule has 1 atom stereocenters. The number of hydrogen-bond acceptors (Lipinski definition) is 7. The van der Waals surface area contributed by atoms with Gasteiger partial charge in [-0.25, -0.2) is 27.2 Å². The minimum atomic E-state index is -3.93. The number of anilines is 1. The molecule has 0 bridgehead atoms. The molecule has 0 N–H and O–H groups in total. The Labute approximate surface area is 195 Å². The first-order chi connectivity index (χ1) is 15.6. The normalized spacial score (nSPS) is 20.2. The maximum atomic E-state index is 14.4. The number of piperidine rings is 2. The lowest BCUT2D eigenvalue weighted by molar-refractivity contribution is -0.145. The van der Waals surface area contributed by atoms with Crippen molar-refractivity contribution >= 4 is 33.2 Å². The predicted octanol–water partition coefficient (Wildman–Crippen LogP) is 2.85. The number of carbonyl (C=O) groups is 1. The third-order valence-electron chi connectivity index (χ3n) is 5.91. The highest BCUT2D eigenvalue weighted by Crippen LogP contribution is 2.29. The molecule has 2 aliphatic heterocycles. The van der Waals surface area contributed by atoms with Crippen LogP contribution in [0, 0.1) is 11.6 Å². The van der Waals surface area contributed by atoms with Crippen LogP contribution in [0.4, 0.5) is 14.6 Å². The van der Waals surface area contributed by atoms with E-state index in [1.54, 1.807) is 11.1 Å².